The van der Waals surface area contributed by atoms with Gasteiger partial charge >= 0.3 is 0 Å². The smallest absolute Gasteiger partial charge is 0.154 e. The zero-order valence-corrected chi connectivity index (χ0v) is 15.5. The average Bonchev–Trinajstić information content (AvgIpc) is 3.31. The lowest BCUT2D eigenvalue weighted by molar-refractivity contribution is 0.0853. The van der Waals surface area contributed by atoms with Crippen LogP contribution in [0.25, 0.3) is 27.8 Å². The molecule has 5 rings (SSSR count). The number of anilines is 1. The number of benzene rings is 1. The maximum absolute atomic E-state index is 5.49. The summed E-state index contributed by atoms with van der Waals surface area (Å²) in [6.45, 7) is 3.64. The van der Waals surface area contributed by atoms with Crippen LogP contribution in [-0.4, -0.2) is 51.1 Å². The molecule has 4 heterocycles. The molecule has 138 valence electrons. The summed E-state index contributed by atoms with van der Waals surface area (Å²) in [6, 6.07) is 10.8. The number of hydrogen-bond donors (Lipinski definition) is 1. The first-order valence-corrected chi connectivity index (χ1v) is 9.31. The van der Waals surface area contributed by atoms with Crippen molar-refractivity contribution in [2.75, 3.05) is 25.2 Å². The summed E-state index contributed by atoms with van der Waals surface area (Å²) >= 11 is 0. The number of fused-ring (bicyclic) bond motifs is 2. The molecule has 1 aromatic carbocycles. The number of H-pyrrole nitrogens is 1. The van der Waals surface area contributed by atoms with E-state index < -0.39 is 0 Å². The molecular formula is C20H22N6O. The van der Waals surface area contributed by atoms with Gasteiger partial charge < -0.3 is 9.64 Å². The van der Waals surface area contributed by atoms with Crippen LogP contribution in [0.1, 0.15) is 18.5 Å². The fraction of sp³-hybridized carbons (Fsp3) is 0.350. The van der Waals surface area contributed by atoms with Gasteiger partial charge in [-0.25, -0.2) is 9.50 Å². The lowest BCUT2D eigenvalue weighted by Crippen LogP contribution is -2.37. The zero-order chi connectivity index (χ0) is 18.4. The van der Waals surface area contributed by atoms with E-state index in [1.165, 1.54) is 0 Å². The highest BCUT2D eigenvalue weighted by Gasteiger charge is 2.20. The van der Waals surface area contributed by atoms with Crippen molar-refractivity contribution < 1.29 is 4.74 Å². The summed E-state index contributed by atoms with van der Waals surface area (Å²) in [5.74, 6) is 0.951. The maximum Gasteiger partial charge on any atom is 0.154 e. The summed E-state index contributed by atoms with van der Waals surface area (Å²) in [5.41, 5.74) is 4.91. The van der Waals surface area contributed by atoms with E-state index in [4.69, 9.17) is 9.84 Å². The van der Waals surface area contributed by atoms with Gasteiger partial charge in [0.15, 0.2) is 5.65 Å². The Labute approximate surface area is 157 Å². The molecule has 0 radical (unpaired) electrons. The highest BCUT2D eigenvalue weighted by atomic mass is 16.5. The van der Waals surface area contributed by atoms with E-state index in [0.29, 0.717) is 6.04 Å². The molecule has 0 bridgehead atoms. The van der Waals surface area contributed by atoms with Crippen molar-refractivity contribution in [3.8, 4) is 11.3 Å². The van der Waals surface area contributed by atoms with Crippen LogP contribution in [0.5, 0.6) is 0 Å². The number of aryl methyl sites for hydroxylation is 1. The Kier molecular flexibility index (Phi) is 3.82. The average molecular weight is 362 g/mol. The van der Waals surface area contributed by atoms with Gasteiger partial charge in [0, 0.05) is 37.3 Å². The Morgan fingerprint density at radius 2 is 2.04 bits per heavy atom. The Balaban J connectivity index is 1.56. The number of aromatic amines is 1. The predicted octanol–water partition coefficient (Wildman–Crippen LogP) is 3.20. The van der Waals surface area contributed by atoms with Gasteiger partial charge in [-0.15, -0.1) is 5.10 Å². The van der Waals surface area contributed by atoms with E-state index in [9.17, 15) is 0 Å². The fourth-order valence-electron chi connectivity index (χ4n) is 3.82. The van der Waals surface area contributed by atoms with E-state index in [2.05, 4.69) is 45.3 Å². The van der Waals surface area contributed by atoms with E-state index in [0.717, 1.165) is 65.4 Å². The van der Waals surface area contributed by atoms with Gasteiger partial charge in [-0.3, -0.25) is 5.10 Å². The van der Waals surface area contributed by atoms with Crippen molar-refractivity contribution >= 4 is 22.4 Å². The molecule has 0 aliphatic carbocycles. The second-order valence-corrected chi connectivity index (χ2v) is 7.13. The van der Waals surface area contributed by atoms with Gasteiger partial charge in [0.1, 0.15) is 5.82 Å². The Hall–Kier alpha value is -2.93. The molecule has 1 aliphatic rings. The van der Waals surface area contributed by atoms with Gasteiger partial charge in [0.25, 0.3) is 0 Å². The highest BCUT2D eigenvalue weighted by molar-refractivity contribution is 5.85. The van der Waals surface area contributed by atoms with Gasteiger partial charge in [-0.05, 0) is 38.0 Å². The quantitative estimate of drug-likeness (QED) is 0.606. The minimum atomic E-state index is 0.458. The molecule has 1 fully saturated rings. The molecule has 1 N–H and O–H groups in total. The monoisotopic (exact) mass is 362 g/mol. The van der Waals surface area contributed by atoms with Crippen molar-refractivity contribution in [1.82, 2.24) is 24.8 Å². The second kappa shape index (κ2) is 6.35. The number of nitrogens with zero attached hydrogens (tertiary/aromatic N) is 5. The minimum Gasteiger partial charge on any atom is -0.381 e. The van der Waals surface area contributed by atoms with Crippen molar-refractivity contribution in [3.05, 3.63) is 42.2 Å². The third-order valence-electron chi connectivity index (χ3n) is 5.50. The van der Waals surface area contributed by atoms with Crippen LogP contribution in [0, 0.1) is 6.92 Å². The molecule has 0 unspecified atom stereocenters. The van der Waals surface area contributed by atoms with Gasteiger partial charge in [0.2, 0.25) is 0 Å². The summed E-state index contributed by atoms with van der Waals surface area (Å²) in [7, 11) is 2.11. The lowest BCUT2D eigenvalue weighted by Gasteiger charge is -2.31. The molecule has 1 saturated heterocycles. The molecule has 0 atom stereocenters. The van der Waals surface area contributed by atoms with Crippen LogP contribution in [0.4, 0.5) is 5.82 Å². The first kappa shape index (κ1) is 16.3. The number of imidazole rings is 1. The van der Waals surface area contributed by atoms with Gasteiger partial charge in [-0.1, -0.05) is 12.1 Å². The van der Waals surface area contributed by atoms with Crippen LogP contribution in [0.15, 0.2) is 36.5 Å². The van der Waals surface area contributed by atoms with Crippen molar-refractivity contribution in [1.29, 1.82) is 0 Å². The first-order chi connectivity index (χ1) is 13.2. The van der Waals surface area contributed by atoms with Crippen LogP contribution >= 0.6 is 0 Å². The molecular weight excluding hydrogens is 340 g/mol. The lowest BCUT2D eigenvalue weighted by atomic mass is 10.1. The Morgan fingerprint density at radius 3 is 2.89 bits per heavy atom. The van der Waals surface area contributed by atoms with Crippen LogP contribution < -0.4 is 4.90 Å². The predicted molar refractivity (Wildman–Crippen MR) is 105 cm³/mol. The third-order valence-corrected chi connectivity index (χ3v) is 5.50. The SMILES string of the molecule is Cc1n[nH]c2cc(-c3cnc4ccc(N(C)C5CCOCC5)nn34)ccc12. The largest absolute Gasteiger partial charge is 0.381 e. The van der Waals surface area contributed by atoms with E-state index >= 15 is 0 Å². The summed E-state index contributed by atoms with van der Waals surface area (Å²) in [4.78, 5) is 6.79. The Morgan fingerprint density at radius 1 is 1.19 bits per heavy atom. The molecule has 7 heteroatoms. The third kappa shape index (κ3) is 2.75. The molecule has 27 heavy (non-hydrogen) atoms. The molecule has 0 saturated carbocycles. The van der Waals surface area contributed by atoms with Crippen molar-refractivity contribution in [3.63, 3.8) is 0 Å². The summed E-state index contributed by atoms with van der Waals surface area (Å²) < 4.78 is 7.41. The van der Waals surface area contributed by atoms with Crippen molar-refractivity contribution in [2.45, 2.75) is 25.8 Å². The van der Waals surface area contributed by atoms with Crippen LogP contribution in [-0.2, 0) is 4.74 Å². The first-order valence-electron chi connectivity index (χ1n) is 9.31. The van der Waals surface area contributed by atoms with Crippen molar-refractivity contribution in [2.24, 2.45) is 0 Å². The molecule has 3 aromatic heterocycles. The Bertz CT molecular complexity index is 1110. The number of ether oxygens (including phenoxy) is 1. The molecule has 4 aromatic rings. The standard InChI is InChI=1S/C20H22N6O/c1-13-16-4-3-14(11-17(16)23-22-13)18-12-21-19-5-6-20(24-26(18)19)25(2)15-7-9-27-10-8-15/h3-6,11-12,15H,7-10H2,1-2H3,(H,22,23). The summed E-state index contributed by atoms with van der Waals surface area (Å²) in [6.07, 6.45) is 3.94. The topological polar surface area (TPSA) is 71.3 Å². The van der Waals surface area contributed by atoms with E-state index in [-0.39, 0.29) is 0 Å². The number of hydrogen-bond acceptors (Lipinski definition) is 5. The van der Waals surface area contributed by atoms with Gasteiger partial charge in [0.05, 0.1) is 23.1 Å². The molecule has 0 spiro atoms. The maximum atomic E-state index is 5.49. The normalized spacial score (nSPS) is 15.6. The molecule has 7 nitrogen and oxygen atoms in total. The van der Waals surface area contributed by atoms with Crippen LogP contribution in [0.2, 0.25) is 0 Å². The molecule has 0 amide bonds. The highest BCUT2D eigenvalue weighted by Crippen LogP contribution is 2.26. The minimum absolute atomic E-state index is 0.458. The summed E-state index contributed by atoms with van der Waals surface area (Å²) in [5, 5.41) is 13.4. The number of aromatic nitrogens is 5. The molecule has 1 aliphatic heterocycles. The van der Waals surface area contributed by atoms with E-state index in [1.54, 1.807) is 0 Å². The fourth-order valence-corrected chi connectivity index (χ4v) is 3.82. The van der Waals surface area contributed by atoms with Crippen LogP contribution in [0.3, 0.4) is 0 Å². The second-order valence-electron chi connectivity index (χ2n) is 7.13. The number of rotatable bonds is 3. The number of nitrogens with one attached hydrogen (secondary N) is 1. The van der Waals surface area contributed by atoms with E-state index in [1.807, 2.05) is 29.8 Å². The van der Waals surface area contributed by atoms with Gasteiger partial charge in [-0.2, -0.15) is 5.10 Å². The zero-order valence-electron chi connectivity index (χ0n) is 15.5.